The Bertz CT molecular complexity index is 433. The van der Waals surface area contributed by atoms with E-state index in [4.69, 9.17) is 4.74 Å². The molecule has 1 aromatic rings. The molecule has 1 aliphatic heterocycles. The van der Waals surface area contributed by atoms with Crippen molar-refractivity contribution in [3.63, 3.8) is 0 Å². The first-order chi connectivity index (χ1) is 9.15. The van der Waals surface area contributed by atoms with Crippen LogP contribution in [0.15, 0.2) is 12.1 Å². The van der Waals surface area contributed by atoms with E-state index in [-0.39, 0.29) is 17.5 Å². The van der Waals surface area contributed by atoms with Crippen LogP contribution in [-0.4, -0.2) is 19.8 Å². The van der Waals surface area contributed by atoms with Crippen molar-refractivity contribution in [3.8, 4) is 0 Å². The molecule has 0 aromatic heterocycles. The lowest BCUT2D eigenvalue weighted by Gasteiger charge is -2.24. The van der Waals surface area contributed by atoms with Gasteiger partial charge in [-0.15, -0.1) is 0 Å². The van der Waals surface area contributed by atoms with Gasteiger partial charge in [-0.05, 0) is 25.5 Å². The fourth-order valence-corrected chi connectivity index (χ4v) is 2.43. The highest BCUT2D eigenvalue weighted by molar-refractivity contribution is 5.24. The summed E-state index contributed by atoms with van der Waals surface area (Å²) in [4.78, 5) is 0. The molecule has 0 radical (unpaired) electrons. The maximum Gasteiger partial charge on any atom is 0.194 e. The Balaban J connectivity index is 2.28. The van der Waals surface area contributed by atoms with E-state index in [1.54, 1.807) is 0 Å². The fraction of sp³-hybridized carbons (Fsp3) is 0.571. The number of benzene rings is 1. The maximum atomic E-state index is 13.9. The van der Waals surface area contributed by atoms with Crippen LogP contribution in [0, 0.1) is 23.4 Å². The van der Waals surface area contributed by atoms with Gasteiger partial charge < -0.3 is 10.1 Å². The van der Waals surface area contributed by atoms with E-state index < -0.39 is 17.5 Å². The first-order valence-electron chi connectivity index (χ1n) is 6.59. The molecular weight excluding hydrogens is 255 g/mol. The van der Waals surface area contributed by atoms with E-state index in [0.717, 1.165) is 18.9 Å². The van der Waals surface area contributed by atoms with Crippen molar-refractivity contribution in [3.05, 3.63) is 35.1 Å². The molecule has 1 aliphatic rings. The zero-order chi connectivity index (χ0) is 13.8. The third kappa shape index (κ3) is 3.09. The van der Waals surface area contributed by atoms with Crippen LogP contribution < -0.4 is 5.32 Å². The summed E-state index contributed by atoms with van der Waals surface area (Å²) in [5.41, 5.74) is 0.183. The standard InChI is InChI=1S/C14H18F3NO/c1-2-6-18-14(9-5-7-19-8-9)10-3-4-11(15)13(17)12(10)16/h3-4,9,14,18H,2,5-8H2,1H3. The molecule has 1 heterocycles. The Hall–Kier alpha value is -1.07. The van der Waals surface area contributed by atoms with Crippen LogP contribution in [0.3, 0.4) is 0 Å². The second-order valence-corrected chi connectivity index (χ2v) is 4.82. The van der Waals surface area contributed by atoms with E-state index in [0.29, 0.717) is 19.8 Å². The van der Waals surface area contributed by atoms with E-state index in [1.807, 2.05) is 6.92 Å². The SMILES string of the molecule is CCCNC(c1ccc(F)c(F)c1F)C1CCOC1. The second-order valence-electron chi connectivity index (χ2n) is 4.82. The van der Waals surface area contributed by atoms with E-state index in [2.05, 4.69) is 5.32 Å². The molecule has 0 amide bonds. The van der Waals surface area contributed by atoms with Crippen molar-refractivity contribution in [2.45, 2.75) is 25.8 Å². The van der Waals surface area contributed by atoms with Crippen LogP contribution in [0.25, 0.3) is 0 Å². The quantitative estimate of drug-likeness (QED) is 0.832. The molecule has 2 atom stereocenters. The second kappa shape index (κ2) is 6.39. The molecule has 0 spiro atoms. The van der Waals surface area contributed by atoms with Gasteiger partial charge in [-0.2, -0.15) is 0 Å². The highest BCUT2D eigenvalue weighted by Crippen LogP contribution is 2.31. The minimum absolute atomic E-state index is 0.0888. The zero-order valence-corrected chi connectivity index (χ0v) is 10.9. The van der Waals surface area contributed by atoms with Crippen molar-refractivity contribution in [1.82, 2.24) is 5.32 Å². The fourth-order valence-electron chi connectivity index (χ4n) is 2.43. The van der Waals surface area contributed by atoms with Crippen LogP contribution in [0.5, 0.6) is 0 Å². The van der Waals surface area contributed by atoms with Crippen molar-refractivity contribution in [2.24, 2.45) is 5.92 Å². The molecule has 1 N–H and O–H groups in total. The van der Waals surface area contributed by atoms with Gasteiger partial charge in [-0.1, -0.05) is 13.0 Å². The Morgan fingerprint density at radius 2 is 2.11 bits per heavy atom. The van der Waals surface area contributed by atoms with Crippen LogP contribution in [0.2, 0.25) is 0 Å². The number of hydrogen-bond donors (Lipinski definition) is 1. The summed E-state index contributed by atoms with van der Waals surface area (Å²) in [6, 6.07) is 1.96. The summed E-state index contributed by atoms with van der Waals surface area (Å²) in [5, 5.41) is 3.21. The van der Waals surface area contributed by atoms with Gasteiger partial charge in [-0.25, -0.2) is 13.2 Å². The van der Waals surface area contributed by atoms with Crippen LogP contribution in [-0.2, 0) is 4.74 Å². The Morgan fingerprint density at radius 3 is 2.74 bits per heavy atom. The first-order valence-corrected chi connectivity index (χ1v) is 6.59. The minimum atomic E-state index is -1.40. The van der Waals surface area contributed by atoms with Crippen LogP contribution in [0.1, 0.15) is 31.4 Å². The van der Waals surface area contributed by atoms with Crippen molar-refractivity contribution in [2.75, 3.05) is 19.8 Å². The van der Waals surface area contributed by atoms with E-state index in [1.165, 1.54) is 6.07 Å². The topological polar surface area (TPSA) is 21.3 Å². The molecule has 1 fully saturated rings. The molecule has 106 valence electrons. The predicted molar refractivity (Wildman–Crippen MR) is 66.3 cm³/mol. The maximum absolute atomic E-state index is 13.9. The van der Waals surface area contributed by atoms with Crippen LogP contribution >= 0.6 is 0 Å². The summed E-state index contributed by atoms with van der Waals surface area (Å²) in [6.45, 7) is 3.83. The molecule has 1 aromatic carbocycles. The van der Waals surface area contributed by atoms with Gasteiger partial charge in [-0.3, -0.25) is 0 Å². The molecule has 0 saturated carbocycles. The van der Waals surface area contributed by atoms with Gasteiger partial charge in [0.2, 0.25) is 0 Å². The first kappa shape index (κ1) is 14.3. The highest BCUT2D eigenvalue weighted by atomic mass is 19.2. The summed E-state index contributed by atoms with van der Waals surface area (Å²) in [5.74, 6) is -3.57. The lowest BCUT2D eigenvalue weighted by Crippen LogP contribution is -2.30. The molecular formula is C14H18F3NO. The average molecular weight is 273 g/mol. The zero-order valence-electron chi connectivity index (χ0n) is 10.9. The van der Waals surface area contributed by atoms with Gasteiger partial charge in [0.1, 0.15) is 0 Å². The molecule has 5 heteroatoms. The van der Waals surface area contributed by atoms with Crippen molar-refractivity contribution >= 4 is 0 Å². The summed E-state index contributed by atoms with van der Waals surface area (Å²) >= 11 is 0. The largest absolute Gasteiger partial charge is 0.381 e. The predicted octanol–water partition coefficient (Wildman–Crippen LogP) is 3.18. The number of rotatable bonds is 5. The monoisotopic (exact) mass is 273 g/mol. The Morgan fingerprint density at radius 1 is 1.32 bits per heavy atom. The molecule has 0 aliphatic carbocycles. The molecule has 2 rings (SSSR count). The van der Waals surface area contributed by atoms with Gasteiger partial charge in [0.15, 0.2) is 17.5 Å². The molecule has 1 saturated heterocycles. The normalized spacial score (nSPS) is 20.7. The Kier molecular flexibility index (Phi) is 4.82. The third-order valence-corrected chi connectivity index (χ3v) is 3.45. The third-order valence-electron chi connectivity index (χ3n) is 3.45. The number of hydrogen-bond acceptors (Lipinski definition) is 2. The highest BCUT2D eigenvalue weighted by Gasteiger charge is 2.30. The van der Waals surface area contributed by atoms with Gasteiger partial charge in [0.05, 0.1) is 6.61 Å². The number of nitrogens with one attached hydrogen (secondary N) is 1. The average Bonchev–Trinajstić information content (AvgIpc) is 2.92. The smallest absolute Gasteiger partial charge is 0.194 e. The lowest BCUT2D eigenvalue weighted by atomic mass is 9.91. The van der Waals surface area contributed by atoms with E-state index >= 15 is 0 Å². The summed E-state index contributed by atoms with van der Waals surface area (Å²) < 4.78 is 45.5. The molecule has 2 unspecified atom stereocenters. The molecule has 19 heavy (non-hydrogen) atoms. The van der Waals surface area contributed by atoms with Gasteiger partial charge in [0.25, 0.3) is 0 Å². The van der Waals surface area contributed by atoms with Gasteiger partial charge in [0, 0.05) is 24.1 Å². The van der Waals surface area contributed by atoms with Crippen molar-refractivity contribution < 1.29 is 17.9 Å². The van der Waals surface area contributed by atoms with E-state index in [9.17, 15) is 13.2 Å². The molecule has 0 bridgehead atoms. The minimum Gasteiger partial charge on any atom is -0.381 e. The number of halogens is 3. The number of ether oxygens (including phenoxy) is 1. The lowest BCUT2D eigenvalue weighted by molar-refractivity contribution is 0.176. The molecule has 2 nitrogen and oxygen atoms in total. The Labute approximate surface area is 111 Å². The summed E-state index contributed by atoms with van der Waals surface area (Å²) in [6.07, 6.45) is 1.68. The van der Waals surface area contributed by atoms with Crippen molar-refractivity contribution in [1.29, 1.82) is 0 Å². The van der Waals surface area contributed by atoms with Crippen LogP contribution in [0.4, 0.5) is 13.2 Å². The summed E-state index contributed by atoms with van der Waals surface area (Å²) in [7, 11) is 0. The van der Waals surface area contributed by atoms with Gasteiger partial charge >= 0.3 is 0 Å².